The third kappa shape index (κ3) is 5.90. The van der Waals surface area contributed by atoms with Crippen molar-refractivity contribution in [3.8, 4) is 0 Å². The van der Waals surface area contributed by atoms with Crippen molar-refractivity contribution in [2.75, 3.05) is 11.9 Å². The van der Waals surface area contributed by atoms with Crippen LogP contribution < -0.4 is 5.32 Å². The first-order valence-electron chi connectivity index (χ1n) is 5.85. The van der Waals surface area contributed by atoms with Crippen molar-refractivity contribution in [3.05, 3.63) is 24.5 Å². The van der Waals surface area contributed by atoms with Crippen molar-refractivity contribution in [1.29, 1.82) is 0 Å². The van der Waals surface area contributed by atoms with Gasteiger partial charge in [0.1, 0.15) is 0 Å². The molecule has 4 heteroatoms. The maximum atomic E-state index is 10.5. The summed E-state index contributed by atoms with van der Waals surface area (Å²) >= 11 is 0. The molecule has 0 bridgehead atoms. The Morgan fingerprint density at radius 2 is 2.00 bits per heavy atom. The third-order valence-corrected chi connectivity index (χ3v) is 2.83. The molecule has 17 heavy (non-hydrogen) atoms. The van der Waals surface area contributed by atoms with Crippen LogP contribution in [-0.4, -0.2) is 22.6 Å². The van der Waals surface area contributed by atoms with Crippen LogP contribution in [0.5, 0.6) is 0 Å². The molecule has 1 aromatic rings. The van der Waals surface area contributed by atoms with E-state index in [1.165, 1.54) is 0 Å². The number of carbonyl (C=O) groups is 1. The van der Waals surface area contributed by atoms with E-state index >= 15 is 0 Å². The van der Waals surface area contributed by atoms with E-state index in [2.05, 4.69) is 24.1 Å². The van der Waals surface area contributed by atoms with Gasteiger partial charge in [0.2, 0.25) is 0 Å². The van der Waals surface area contributed by atoms with Gasteiger partial charge in [-0.05, 0) is 30.4 Å². The summed E-state index contributed by atoms with van der Waals surface area (Å²) in [7, 11) is 0. The van der Waals surface area contributed by atoms with E-state index in [0.29, 0.717) is 6.42 Å². The van der Waals surface area contributed by atoms with Crippen molar-refractivity contribution >= 4 is 11.7 Å². The fourth-order valence-corrected chi connectivity index (χ4v) is 1.59. The highest BCUT2D eigenvalue weighted by Gasteiger charge is 2.18. The summed E-state index contributed by atoms with van der Waals surface area (Å²) in [6.07, 6.45) is 5.39. The molecule has 0 spiro atoms. The second kappa shape index (κ2) is 6.23. The Kier molecular flexibility index (Phi) is 4.94. The van der Waals surface area contributed by atoms with Gasteiger partial charge in [0, 0.05) is 31.0 Å². The predicted octanol–water partition coefficient (Wildman–Crippen LogP) is 2.77. The summed E-state index contributed by atoms with van der Waals surface area (Å²) in [6, 6.07) is 3.84. The minimum absolute atomic E-state index is 0.0540. The molecule has 0 fully saturated rings. The van der Waals surface area contributed by atoms with Crippen molar-refractivity contribution < 1.29 is 9.90 Å². The number of nitrogens with one attached hydrogen (secondary N) is 1. The number of rotatable bonds is 7. The number of aromatic nitrogens is 1. The van der Waals surface area contributed by atoms with Crippen LogP contribution >= 0.6 is 0 Å². The van der Waals surface area contributed by atoms with Gasteiger partial charge in [-0.1, -0.05) is 13.8 Å². The monoisotopic (exact) mass is 236 g/mol. The molecule has 2 N–H and O–H groups in total. The molecule has 0 aliphatic rings. The van der Waals surface area contributed by atoms with Crippen LogP contribution in [0.3, 0.4) is 0 Å². The van der Waals surface area contributed by atoms with E-state index in [1.807, 2.05) is 12.1 Å². The highest BCUT2D eigenvalue weighted by molar-refractivity contribution is 5.66. The van der Waals surface area contributed by atoms with Gasteiger partial charge < -0.3 is 10.4 Å². The summed E-state index contributed by atoms with van der Waals surface area (Å²) in [5.41, 5.74) is 1.10. The second-order valence-corrected chi connectivity index (χ2v) is 4.97. The third-order valence-electron chi connectivity index (χ3n) is 2.83. The van der Waals surface area contributed by atoms with Crippen molar-refractivity contribution in [2.24, 2.45) is 5.41 Å². The molecular formula is C13H20N2O2. The lowest BCUT2D eigenvalue weighted by Crippen LogP contribution is -2.18. The Morgan fingerprint density at radius 1 is 1.35 bits per heavy atom. The van der Waals surface area contributed by atoms with Gasteiger partial charge in [0.05, 0.1) is 0 Å². The standard InChI is InChI=1S/C13H20N2O2/c1-13(2,6-3-12(16)17)7-10-15-11-4-8-14-9-5-11/h4-5,8-9H,3,6-7,10H2,1-2H3,(H,14,15)(H,16,17). The summed E-state index contributed by atoms with van der Waals surface area (Å²) in [4.78, 5) is 14.5. The molecule has 0 aliphatic heterocycles. The average Bonchev–Trinajstić information content (AvgIpc) is 2.28. The van der Waals surface area contributed by atoms with Crippen LogP contribution in [-0.2, 0) is 4.79 Å². The number of carboxylic acids is 1. The number of pyridine rings is 1. The largest absolute Gasteiger partial charge is 0.481 e. The summed E-state index contributed by atoms with van der Waals surface area (Å²) in [5, 5.41) is 12.0. The van der Waals surface area contributed by atoms with Gasteiger partial charge in [-0.2, -0.15) is 0 Å². The fourth-order valence-electron chi connectivity index (χ4n) is 1.59. The fraction of sp³-hybridized carbons (Fsp3) is 0.538. The highest BCUT2D eigenvalue weighted by Crippen LogP contribution is 2.26. The molecule has 4 nitrogen and oxygen atoms in total. The van der Waals surface area contributed by atoms with E-state index < -0.39 is 5.97 Å². The first-order chi connectivity index (χ1) is 7.99. The Labute approximate surface area is 102 Å². The lowest BCUT2D eigenvalue weighted by molar-refractivity contribution is -0.137. The molecule has 1 heterocycles. The predicted molar refractivity (Wildman–Crippen MR) is 68.0 cm³/mol. The van der Waals surface area contributed by atoms with Gasteiger partial charge >= 0.3 is 5.97 Å². The minimum atomic E-state index is -0.722. The van der Waals surface area contributed by atoms with Crippen molar-refractivity contribution in [2.45, 2.75) is 33.1 Å². The molecule has 1 rings (SSSR count). The zero-order valence-corrected chi connectivity index (χ0v) is 10.4. The Balaban J connectivity index is 2.27. The topological polar surface area (TPSA) is 62.2 Å². The molecule has 0 saturated heterocycles. The van der Waals surface area contributed by atoms with Gasteiger partial charge in [-0.15, -0.1) is 0 Å². The molecule has 94 valence electrons. The van der Waals surface area contributed by atoms with Crippen molar-refractivity contribution in [1.82, 2.24) is 4.98 Å². The van der Waals surface area contributed by atoms with E-state index in [1.54, 1.807) is 12.4 Å². The van der Waals surface area contributed by atoms with Gasteiger partial charge in [-0.25, -0.2) is 0 Å². The number of hydrogen-bond donors (Lipinski definition) is 2. The first kappa shape index (κ1) is 13.5. The maximum absolute atomic E-state index is 10.5. The second-order valence-electron chi connectivity index (χ2n) is 4.97. The number of hydrogen-bond acceptors (Lipinski definition) is 3. The van der Waals surface area contributed by atoms with Crippen molar-refractivity contribution in [3.63, 3.8) is 0 Å². The molecule has 0 amide bonds. The van der Waals surface area contributed by atoms with Crippen LogP contribution in [0.15, 0.2) is 24.5 Å². The molecule has 0 aromatic carbocycles. The Bertz CT molecular complexity index is 350. The number of carboxylic acid groups (broad SMARTS) is 1. The lowest BCUT2D eigenvalue weighted by atomic mass is 9.84. The number of nitrogens with zero attached hydrogens (tertiary/aromatic N) is 1. The molecule has 0 atom stereocenters. The summed E-state index contributed by atoms with van der Waals surface area (Å²) in [6.45, 7) is 5.05. The van der Waals surface area contributed by atoms with Crippen LogP contribution in [0.4, 0.5) is 5.69 Å². The van der Waals surface area contributed by atoms with Crippen LogP contribution in [0, 0.1) is 5.41 Å². The van der Waals surface area contributed by atoms with E-state index in [-0.39, 0.29) is 11.8 Å². The molecule has 0 unspecified atom stereocenters. The molecule has 1 aromatic heterocycles. The smallest absolute Gasteiger partial charge is 0.303 e. The maximum Gasteiger partial charge on any atom is 0.303 e. The van der Waals surface area contributed by atoms with E-state index in [4.69, 9.17) is 5.11 Å². The van der Waals surface area contributed by atoms with Gasteiger partial charge in [0.25, 0.3) is 0 Å². The first-order valence-corrected chi connectivity index (χ1v) is 5.85. The number of anilines is 1. The quantitative estimate of drug-likeness (QED) is 0.764. The molecular weight excluding hydrogens is 216 g/mol. The Hall–Kier alpha value is -1.58. The Morgan fingerprint density at radius 3 is 2.59 bits per heavy atom. The van der Waals surface area contributed by atoms with Gasteiger partial charge in [-0.3, -0.25) is 9.78 Å². The summed E-state index contributed by atoms with van der Waals surface area (Å²) < 4.78 is 0. The van der Waals surface area contributed by atoms with Gasteiger partial charge in [0.15, 0.2) is 0 Å². The highest BCUT2D eigenvalue weighted by atomic mass is 16.4. The number of aliphatic carboxylic acids is 1. The zero-order valence-electron chi connectivity index (χ0n) is 10.4. The zero-order chi connectivity index (χ0) is 12.7. The minimum Gasteiger partial charge on any atom is -0.481 e. The summed E-state index contributed by atoms with van der Waals surface area (Å²) in [5.74, 6) is -0.722. The average molecular weight is 236 g/mol. The molecule has 0 radical (unpaired) electrons. The normalized spacial score (nSPS) is 11.2. The molecule has 0 saturated carbocycles. The molecule has 0 aliphatic carbocycles. The van der Waals surface area contributed by atoms with E-state index in [9.17, 15) is 4.79 Å². The van der Waals surface area contributed by atoms with Crippen LogP contribution in [0.25, 0.3) is 0 Å². The van der Waals surface area contributed by atoms with E-state index in [0.717, 1.165) is 18.7 Å². The SMILES string of the molecule is CC(C)(CCNc1ccncc1)CCC(=O)O. The van der Waals surface area contributed by atoms with Crippen LogP contribution in [0.1, 0.15) is 33.1 Å². The van der Waals surface area contributed by atoms with Crippen LogP contribution in [0.2, 0.25) is 0 Å². The lowest BCUT2D eigenvalue weighted by Gasteiger charge is -2.24.